The maximum Gasteiger partial charge on any atom is 0.300 e. The summed E-state index contributed by atoms with van der Waals surface area (Å²) in [6.07, 6.45) is 0. The number of nitrogens with zero attached hydrogens (tertiary/aromatic N) is 1. The van der Waals surface area contributed by atoms with E-state index in [0.29, 0.717) is 5.56 Å². The molecule has 0 saturated carbocycles. The van der Waals surface area contributed by atoms with Crippen molar-refractivity contribution in [2.45, 2.75) is 32.2 Å². The van der Waals surface area contributed by atoms with Crippen molar-refractivity contribution in [2.24, 2.45) is 0 Å². The van der Waals surface area contributed by atoms with Crippen LogP contribution in [-0.2, 0) is 15.0 Å². The van der Waals surface area contributed by atoms with Gasteiger partial charge < -0.3 is 5.11 Å². The lowest BCUT2D eigenvalue weighted by molar-refractivity contribution is -0.132. The molecule has 1 unspecified atom stereocenters. The first kappa shape index (κ1) is 25.2. The molecule has 4 rings (SSSR count). The summed E-state index contributed by atoms with van der Waals surface area (Å²) < 4.78 is 13.9. The van der Waals surface area contributed by atoms with Crippen molar-refractivity contribution in [1.82, 2.24) is 0 Å². The number of carbonyl (C=O) groups excluding carboxylic acids is 2. The van der Waals surface area contributed by atoms with E-state index in [4.69, 9.17) is 34.8 Å². The number of halogens is 4. The first-order valence-corrected chi connectivity index (χ1v) is 11.9. The highest BCUT2D eigenvalue weighted by Crippen LogP contribution is 2.43. The van der Waals surface area contributed by atoms with Crippen molar-refractivity contribution in [1.29, 1.82) is 0 Å². The largest absolute Gasteiger partial charge is 0.507 e. The van der Waals surface area contributed by atoms with Gasteiger partial charge in [-0.15, -0.1) is 0 Å². The third-order valence-electron chi connectivity index (χ3n) is 5.91. The fourth-order valence-corrected chi connectivity index (χ4v) is 4.49. The van der Waals surface area contributed by atoms with Crippen LogP contribution in [0.5, 0.6) is 0 Å². The van der Waals surface area contributed by atoms with Crippen LogP contribution in [0.3, 0.4) is 0 Å². The number of amides is 1. The molecule has 4 nitrogen and oxygen atoms in total. The molecule has 8 heteroatoms. The van der Waals surface area contributed by atoms with Gasteiger partial charge in [0.1, 0.15) is 11.6 Å². The molecular formula is C27H21Cl3FNO3. The maximum atomic E-state index is 13.9. The second-order valence-corrected chi connectivity index (χ2v) is 10.5. The molecule has 3 aromatic rings. The average Bonchev–Trinajstić information content (AvgIpc) is 3.07. The molecule has 0 radical (unpaired) electrons. The number of anilines is 1. The zero-order valence-corrected chi connectivity index (χ0v) is 21.3. The van der Waals surface area contributed by atoms with Gasteiger partial charge in [0.15, 0.2) is 0 Å². The number of carbonyl (C=O) groups is 2. The summed E-state index contributed by atoms with van der Waals surface area (Å²) in [6.45, 7) is 6.21. The highest BCUT2D eigenvalue weighted by Gasteiger charge is 2.47. The smallest absolute Gasteiger partial charge is 0.300 e. The van der Waals surface area contributed by atoms with Crippen LogP contribution < -0.4 is 4.90 Å². The highest BCUT2D eigenvalue weighted by molar-refractivity contribution is 6.52. The summed E-state index contributed by atoms with van der Waals surface area (Å²) in [7, 11) is 0. The SMILES string of the molecule is CC(C)(C)c1ccc(C2/C(=C(\O)c3ccc(Cl)c(Cl)c3)C(=O)C(=O)N2c2ccc(F)c(Cl)c2)cc1. The van der Waals surface area contributed by atoms with Crippen LogP contribution in [0.15, 0.2) is 66.2 Å². The van der Waals surface area contributed by atoms with Gasteiger partial charge in [-0.2, -0.15) is 0 Å². The molecule has 1 fully saturated rings. The second-order valence-electron chi connectivity index (χ2n) is 9.27. The molecule has 1 atom stereocenters. The van der Waals surface area contributed by atoms with E-state index in [2.05, 4.69) is 20.8 Å². The number of benzene rings is 3. The molecule has 0 aliphatic carbocycles. The van der Waals surface area contributed by atoms with E-state index in [-0.39, 0.29) is 37.3 Å². The number of aliphatic hydroxyl groups excluding tert-OH is 1. The van der Waals surface area contributed by atoms with Crippen molar-refractivity contribution in [3.8, 4) is 0 Å². The Morgan fingerprint density at radius 2 is 1.54 bits per heavy atom. The zero-order chi connectivity index (χ0) is 25.7. The molecule has 1 N–H and O–H groups in total. The lowest BCUT2D eigenvalue weighted by atomic mass is 9.85. The van der Waals surface area contributed by atoms with Crippen LogP contribution in [0.4, 0.5) is 10.1 Å². The van der Waals surface area contributed by atoms with Gasteiger partial charge in [0.05, 0.1) is 26.7 Å². The number of hydrogen-bond acceptors (Lipinski definition) is 3. The van der Waals surface area contributed by atoms with Gasteiger partial charge in [-0.3, -0.25) is 14.5 Å². The molecule has 0 aromatic heterocycles. The Morgan fingerprint density at radius 3 is 2.11 bits per heavy atom. The summed E-state index contributed by atoms with van der Waals surface area (Å²) in [5, 5.41) is 11.5. The topological polar surface area (TPSA) is 57.6 Å². The van der Waals surface area contributed by atoms with Gasteiger partial charge >= 0.3 is 0 Å². The Kier molecular flexibility index (Phi) is 6.71. The van der Waals surface area contributed by atoms with Crippen molar-refractivity contribution in [3.63, 3.8) is 0 Å². The predicted octanol–water partition coefficient (Wildman–Crippen LogP) is 7.71. The normalized spacial score (nSPS) is 17.8. The Labute approximate surface area is 217 Å². The van der Waals surface area contributed by atoms with Gasteiger partial charge in [-0.1, -0.05) is 79.8 Å². The van der Waals surface area contributed by atoms with Crippen LogP contribution in [0, 0.1) is 5.82 Å². The second kappa shape index (κ2) is 9.30. The number of hydrogen-bond donors (Lipinski definition) is 1. The summed E-state index contributed by atoms with van der Waals surface area (Å²) in [5.74, 6) is -2.82. The van der Waals surface area contributed by atoms with E-state index in [1.807, 2.05) is 12.1 Å². The molecule has 35 heavy (non-hydrogen) atoms. The Balaban J connectivity index is 1.95. The predicted molar refractivity (Wildman–Crippen MR) is 138 cm³/mol. The first-order chi connectivity index (χ1) is 16.4. The van der Waals surface area contributed by atoms with Crippen LogP contribution in [0.1, 0.15) is 43.5 Å². The van der Waals surface area contributed by atoms with Crippen molar-refractivity contribution in [2.75, 3.05) is 4.90 Å². The summed E-state index contributed by atoms with van der Waals surface area (Å²) in [6, 6.07) is 14.6. The van der Waals surface area contributed by atoms with E-state index < -0.39 is 29.3 Å². The molecule has 0 spiro atoms. The summed E-state index contributed by atoms with van der Waals surface area (Å²) in [4.78, 5) is 27.7. The molecule has 1 aliphatic rings. The van der Waals surface area contributed by atoms with Crippen molar-refractivity contribution >= 4 is 57.9 Å². The quantitative estimate of drug-likeness (QED) is 0.213. The maximum absolute atomic E-state index is 13.9. The minimum Gasteiger partial charge on any atom is -0.507 e. The molecule has 0 bridgehead atoms. The summed E-state index contributed by atoms with van der Waals surface area (Å²) in [5.41, 5.74) is 1.83. The van der Waals surface area contributed by atoms with Crippen LogP contribution in [0.2, 0.25) is 15.1 Å². The van der Waals surface area contributed by atoms with E-state index in [1.54, 1.807) is 12.1 Å². The molecule has 1 aliphatic heterocycles. The third kappa shape index (κ3) is 4.68. The van der Waals surface area contributed by atoms with Gasteiger partial charge in [-0.25, -0.2) is 4.39 Å². The first-order valence-electron chi connectivity index (χ1n) is 10.7. The number of ketones is 1. The lowest BCUT2D eigenvalue weighted by Crippen LogP contribution is -2.29. The molecular weight excluding hydrogens is 512 g/mol. The highest BCUT2D eigenvalue weighted by atomic mass is 35.5. The fourth-order valence-electron chi connectivity index (χ4n) is 4.01. The van der Waals surface area contributed by atoms with Crippen LogP contribution in [0.25, 0.3) is 5.76 Å². The van der Waals surface area contributed by atoms with Gasteiger partial charge in [0.25, 0.3) is 11.7 Å². The van der Waals surface area contributed by atoms with Gasteiger partial charge in [-0.05, 0) is 52.9 Å². The fraction of sp³-hybridized carbons (Fsp3) is 0.185. The molecule has 1 amide bonds. The van der Waals surface area contributed by atoms with Gasteiger partial charge in [0.2, 0.25) is 0 Å². The Morgan fingerprint density at radius 1 is 0.886 bits per heavy atom. The number of rotatable bonds is 3. The standard InChI is InChI=1S/C27H21Cl3FNO3/c1-27(2,3)16-7-4-14(5-8-16)23-22(24(33)15-6-10-18(28)19(29)12-15)25(34)26(35)32(23)17-9-11-21(31)20(30)13-17/h4-13,23,33H,1-3H3/b24-22+. The van der Waals surface area contributed by atoms with Crippen LogP contribution in [-0.4, -0.2) is 16.8 Å². The monoisotopic (exact) mass is 531 g/mol. The zero-order valence-electron chi connectivity index (χ0n) is 19.1. The summed E-state index contributed by atoms with van der Waals surface area (Å²) >= 11 is 18.1. The van der Waals surface area contributed by atoms with Gasteiger partial charge in [0, 0.05) is 11.3 Å². The Hall–Kier alpha value is -2.86. The van der Waals surface area contributed by atoms with E-state index in [1.165, 1.54) is 35.2 Å². The molecule has 1 heterocycles. The molecule has 180 valence electrons. The molecule has 1 saturated heterocycles. The Bertz CT molecular complexity index is 1380. The third-order valence-corrected chi connectivity index (χ3v) is 6.94. The van der Waals surface area contributed by atoms with Crippen molar-refractivity contribution in [3.05, 3.63) is 104 Å². The minimum atomic E-state index is -0.986. The van der Waals surface area contributed by atoms with E-state index in [0.717, 1.165) is 11.6 Å². The van der Waals surface area contributed by atoms with E-state index in [9.17, 15) is 19.1 Å². The number of Topliss-reactive ketones (excluding diaryl/α,β-unsaturated/α-hetero) is 1. The minimum absolute atomic E-state index is 0.120. The molecule has 3 aromatic carbocycles. The van der Waals surface area contributed by atoms with Crippen LogP contribution >= 0.6 is 34.8 Å². The van der Waals surface area contributed by atoms with Crippen molar-refractivity contribution < 1.29 is 19.1 Å². The lowest BCUT2D eigenvalue weighted by Gasteiger charge is -2.27. The van der Waals surface area contributed by atoms with E-state index >= 15 is 0 Å². The number of aliphatic hydroxyl groups is 1. The average molecular weight is 533 g/mol.